The molecule has 1 aliphatic heterocycles. The van der Waals surface area contributed by atoms with Gasteiger partial charge in [-0.25, -0.2) is 9.37 Å². The molecule has 5 rings (SSSR count). The second-order valence-electron chi connectivity index (χ2n) is 7.67. The Labute approximate surface area is 178 Å². The van der Waals surface area contributed by atoms with Crippen LogP contribution >= 0.6 is 0 Å². The van der Waals surface area contributed by atoms with E-state index in [1.54, 1.807) is 12.3 Å². The van der Waals surface area contributed by atoms with Gasteiger partial charge in [0.05, 0.1) is 29.6 Å². The minimum Gasteiger partial charge on any atom is -0.383 e. The zero-order chi connectivity index (χ0) is 21.4. The Hall–Kier alpha value is -3.83. The molecule has 0 saturated carbocycles. The smallest absolute Gasteiger partial charge is 0.132 e. The highest BCUT2D eigenvalue weighted by Crippen LogP contribution is 2.32. The number of benzene rings is 1. The van der Waals surface area contributed by atoms with Crippen LogP contribution in [0.2, 0.25) is 0 Å². The van der Waals surface area contributed by atoms with Crippen molar-refractivity contribution in [3.63, 3.8) is 0 Å². The number of fused-ring (bicyclic) bond motifs is 1. The summed E-state index contributed by atoms with van der Waals surface area (Å²) in [5.74, 6) is -0.102. The van der Waals surface area contributed by atoms with Crippen LogP contribution in [-0.4, -0.2) is 32.8 Å². The van der Waals surface area contributed by atoms with Crippen LogP contribution < -0.4 is 11.1 Å². The second-order valence-corrected chi connectivity index (χ2v) is 7.67. The van der Waals surface area contributed by atoms with E-state index in [0.29, 0.717) is 39.5 Å². The molecule has 1 aromatic carbocycles. The number of anilines is 1. The van der Waals surface area contributed by atoms with E-state index in [0.717, 1.165) is 37.1 Å². The number of halogens is 1. The van der Waals surface area contributed by atoms with Gasteiger partial charge in [0.15, 0.2) is 0 Å². The molecule has 0 atom stereocenters. The molecule has 1 fully saturated rings. The summed E-state index contributed by atoms with van der Waals surface area (Å²) in [4.78, 5) is 8.74. The minimum absolute atomic E-state index is 0.300. The summed E-state index contributed by atoms with van der Waals surface area (Å²) in [6, 6.07) is 8.83. The Morgan fingerprint density at radius 3 is 2.71 bits per heavy atom. The molecule has 31 heavy (non-hydrogen) atoms. The summed E-state index contributed by atoms with van der Waals surface area (Å²) < 4.78 is 16.2. The molecule has 0 aliphatic carbocycles. The Morgan fingerprint density at radius 1 is 1.06 bits per heavy atom. The highest BCUT2D eigenvalue weighted by Gasteiger charge is 2.17. The van der Waals surface area contributed by atoms with E-state index in [1.165, 1.54) is 18.3 Å². The Bertz CT molecular complexity index is 1320. The molecule has 4 aromatic rings. The van der Waals surface area contributed by atoms with Gasteiger partial charge in [-0.1, -0.05) is 0 Å². The highest BCUT2D eigenvalue weighted by atomic mass is 19.1. The average molecular weight is 413 g/mol. The van der Waals surface area contributed by atoms with E-state index in [4.69, 9.17) is 5.73 Å². The molecule has 0 unspecified atom stereocenters. The van der Waals surface area contributed by atoms with Crippen LogP contribution in [0.25, 0.3) is 33.2 Å². The van der Waals surface area contributed by atoms with Crippen LogP contribution in [0.1, 0.15) is 24.4 Å². The molecule has 0 radical (unpaired) electrons. The van der Waals surface area contributed by atoms with Crippen molar-refractivity contribution in [3.05, 3.63) is 60.4 Å². The van der Waals surface area contributed by atoms with Gasteiger partial charge in [0.2, 0.25) is 0 Å². The number of hydrogen-bond acceptors (Lipinski definition) is 6. The van der Waals surface area contributed by atoms with Gasteiger partial charge in [-0.15, -0.1) is 0 Å². The largest absolute Gasteiger partial charge is 0.383 e. The average Bonchev–Trinajstić information content (AvgIpc) is 3.30. The van der Waals surface area contributed by atoms with Crippen molar-refractivity contribution in [1.29, 1.82) is 5.26 Å². The number of nitrogen functional groups attached to an aromatic ring is 1. The molecule has 4 heterocycles. The van der Waals surface area contributed by atoms with Gasteiger partial charge in [-0.3, -0.25) is 9.67 Å². The third-order valence-corrected chi connectivity index (χ3v) is 5.78. The number of nitrogens with one attached hydrogen (secondary N) is 1. The lowest BCUT2D eigenvalue weighted by atomic mass is 10.0. The number of aromatic nitrogens is 4. The lowest BCUT2D eigenvalue weighted by Crippen LogP contribution is -2.29. The summed E-state index contributed by atoms with van der Waals surface area (Å²) in [6.45, 7) is 1.98. The number of hydrogen-bond donors (Lipinski definition) is 2. The summed E-state index contributed by atoms with van der Waals surface area (Å²) in [7, 11) is 0. The van der Waals surface area contributed by atoms with E-state index in [9.17, 15) is 9.65 Å². The first-order valence-corrected chi connectivity index (χ1v) is 10.1. The SMILES string of the molecule is N#Cc1ccc(F)c2cnc(-c3cc(-c4cnn(C5CCNCC5)c4)cnc3N)cc12. The van der Waals surface area contributed by atoms with Crippen molar-refractivity contribution in [2.24, 2.45) is 0 Å². The van der Waals surface area contributed by atoms with E-state index in [1.807, 2.05) is 23.1 Å². The first-order chi connectivity index (χ1) is 15.1. The van der Waals surface area contributed by atoms with Crippen molar-refractivity contribution >= 4 is 16.6 Å². The number of nitriles is 1. The van der Waals surface area contributed by atoms with Gasteiger partial charge in [0.25, 0.3) is 0 Å². The minimum atomic E-state index is -0.418. The summed E-state index contributed by atoms with van der Waals surface area (Å²) in [5, 5.41) is 18.1. The van der Waals surface area contributed by atoms with Crippen molar-refractivity contribution in [1.82, 2.24) is 25.1 Å². The molecular formula is C23H20FN7. The van der Waals surface area contributed by atoms with Gasteiger partial charge >= 0.3 is 0 Å². The zero-order valence-electron chi connectivity index (χ0n) is 16.7. The highest BCUT2D eigenvalue weighted by molar-refractivity contribution is 5.91. The molecule has 8 heteroatoms. The fourth-order valence-corrected chi connectivity index (χ4v) is 4.05. The van der Waals surface area contributed by atoms with E-state index >= 15 is 0 Å². The third kappa shape index (κ3) is 3.49. The predicted molar refractivity (Wildman–Crippen MR) is 116 cm³/mol. The van der Waals surface area contributed by atoms with E-state index in [2.05, 4.69) is 26.5 Å². The molecule has 0 spiro atoms. The third-order valence-electron chi connectivity index (χ3n) is 5.78. The van der Waals surface area contributed by atoms with Crippen LogP contribution in [0.3, 0.4) is 0 Å². The lowest BCUT2D eigenvalue weighted by molar-refractivity contribution is 0.343. The maximum absolute atomic E-state index is 14.2. The monoisotopic (exact) mass is 413 g/mol. The molecule has 7 nitrogen and oxygen atoms in total. The first-order valence-electron chi connectivity index (χ1n) is 10.1. The number of rotatable bonds is 3. The van der Waals surface area contributed by atoms with Gasteiger partial charge in [0, 0.05) is 46.1 Å². The summed E-state index contributed by atoms with van der Waals surface area (Å²) in [5.41, 5.74) is 9.50. The standard InChI is InChI=1S/C23H20FN7/c24-21-2-1-14(9-25)18-8-22(28-12-20(18)21)19-7-15(10-29-23(19)26)16-11-30-31(13-16)17-3-5-27-6-4-17/h1-2,7-8,10-13,17,27H,3-6H2,(H2,26,29). The quantitative estimate of drug-likeness (QED) is 0.531. The predicted octanol–water partition coefficient (Wildman–Crippen LogP) is 3.68. The molecule has 3 aromatic heterocycles. The first kappa shape index (κ1) is 19.2. The molecule has 0 amide bonds. The Morgan fingerprint density at radius 2 is 1.90 bits per heavy atom. The van der Waals surface area contributed by atoms with Gasteiger partial charge in [-0.2, -0.15) is 10.4 Å². The molecular weight excluding hydrogens is 393 g/mol. The molecule has 3 N–H and O–H groups in total. The topological polar surface area (TPSA) is 105 Å². The molecule has 1 saturated heterocycles. The Balaban J connectivity index is 1.55. The van der Waals surface area contributed by atoms with Crippen molar-refractivity contribution in [2.45, 2.75) is 18.9 Å². The van der Waals surface area contributed by atoms with Crippen molar-refractivity contribution in [3.8, 4) is 28.5 Å². The van der Waals surface area contributed by atoms with Gasteiger partial charge in [0.1, 0.15) is 11.6 Å². The number of piperidine rings is 1. The summed E-state index contributed by atoms with van der Waals surface area (Å²) >= 11 is 0. The second kappa shape index (κ2) is 7.78. The fourth-order valence-electron chi connectivity index (χ4n) is 4.05. The summed E-state index contributed by atoms with van der Waals surface area (Å²) in [6.07, 6.45) is 9.10. The fraction of sp³-hybridized carbons (Fsp3) is 0.217. The normalized spacial score (nSPS) is 14.6. The van der Waals surface area contributed by atoms with Crippen LogP contribution in [0.15, 0.2) is 49.1 Å². The van der Waals surface area contributed by atoms with Crippen LogP contribution in [0.5, 0.6) is 0 Å². The van der Waals surface area contributed by atoms with E-state index < -0.39 is 5.82 Å². The maximum Gasteiger partial charge on any atom is 0.132 e. The molecule has 1 aliphatic rings. The van der Waals surface area contributed by atoms with Crippen LogP contribution in [0.4, 0.5) is 10.2 Å². The van der Waals surface area contributed by atoms with E-state index in [-0.39, 0.29) is 0 Å². The van der Waals surface area contributed by atoms with Crippen molar-refractivity contribution < 1.29 is 4.39 Å². The number of pyridine rings is 2. The zero-order valence-corrected chi connectivity index (χ0v) is 16.7. The number of nitrogens with two attached hydrogens (primary N) is 1. The van der Waals surface area contributed by atoms with Crippen LogP contribution in [0, 0.1) is 17.1 Å². The molecule has 154 valence electrons. The maximum atomic E-state index is 14.2. The number of nitrogens with zero attached hydrogens (tertiary/aromatic N) is 5. The lowest BCUT2D eigenvalue weighted by Gasteiger charge is -2.22. The van der Waals surface area contributed by atoms with Crippen molar-refractivity contribution in [2.75, 3.05) is 18.8 Å². The van der Waals surface area contributed by atoms with Gasteiger partial charge < -0.3 is 11.1 Å². The Kier molecular flexibility index (Phi) is 4.81. The van der Waals surface area contributed by atoms with Crippen LogP contribution in [-0.2, 0) is 0 Å². The van der Waals surface area contributed by atoms with Gasteiger partial charge in [-0.05, 0) is 50.2 Å². The molecule has 0 bridgehead atoms.